The van der Waals surface area contributed by atoms with Crippen LogP contribution in [0.15, 0.2) is 47.4 Å². The maximum Gasteiger partial charge on any atom is 0.573 e. The molecule has 0 bridgehead atoms. The Labute approximate surface area is 274 Å². The molecule has 1 saturated heterocycles. The summed E-state index contributed by atoms with van der Waals surface area (Å²) >= 11 is 1.03. The Morgan fingerprint density at radius 2 is 1.72 bits per heavy atom. The second-order valence-corrected chi connectivity index (χ2v) is 14.8. The van der Waals surface area contributed by atoms with Gasteiger partial charge in [0.1, 0.15) is 33.0 Å². The van der Waals surface area contributed by atoms with Crippen molar-refractivity contribution in [2.75, 3.05) is 24.5 Å². The van der Waals surface area contributed by atoms with Crippen molar-refractivity contribution in [3.63, 3.8) is 0 Å². The third-order valence-corrected chi connectivity index (χ3v) is 10.2. The molecule has 1 aromatic heterocycles. The third kappa shape index (κ3) is 9.20. The van der Waals surface area contributed by atoms with Crippen molar-refractivity contribution in [2.45, 2.75) is 76.9 Å². The number of amides is 1. The minimum Gasteiger partial charge on any atom is -0.456 e. The molecule has 47 heavy (non-hydrogen) atoms. The number of sulfonamides is 1. The number of alkyl halides is 3. The summed E-state index contributed by atoms with van der Waals surface area (Å²) in [5.74, 6) is -3.67. The van der Waals surface area contributed by atoms with Crippen molar-refractivity contribution in [1.29, 1.82) is 0 Å². The zero-order valence-electron chi connectivity index (χ0n) is 26.5. The molecule has 256 valence electrons. The van der Waals surface area contributed by atoms with Crippen LogP contribution in [-0.4, -0.2) is 67.2 Å². The van der Waals surface area contributed by atoms with Gasteiger partial charge >= 0.3 is 12.3 Å². The highest BCUT2D eigenvalue weighted by atomic mass is 32.2. The zero-order chi connectivity index (χ0) is 34.7. The van der Waals surface area contributed by atoms with Crippen molar-refractivity contribution >= 4 is 38.4 Å². The normalized spacial score (nSPS) is 16.2. The van der Waals surface area contributed by atoms with Crippen LogP contribution in [-0.2, 0) is 32.5 Å². The molecule has 0 aliphatic carbocycles. The van der Waals surface area contributed by atoms with Gasteiger partial charge in [0.15, 0.2) is 5.13 Å². The number of carbonyl (C=O) groups is 2. The highest BCUT2D eigenvalue weighted by Crippen LogP contribution is 2.33. The van der Waals surface area contributed by atoms with Gasteiger partial charge in [0.05, 0.1) is 5.69 Å². The van der Waals surface area contributed by atoms with Gasteiger partial charge in [-0.15, -0.1) is 13.2 Å². The van der Waals surface area contributed by atoms with Crippen LogP contribution in [0.3, 0.4) is 0 Å². The quantitative estimate of drug-likeness (QED) is 0.215. The Bertz CT molecular complexity index is 1710. The number of aryl methyl sites for hydroxylation is 2. The van der Waals surface area contributed by atoms with E-state index in [1.54, 1.807) is 32.6 Å². The first-order valence-electron chi connectivity index (χ1n) is 14.8. The predicted octanol–water partition coefficient (Wildman–Crippen LogP) is 5.59. The standard InChI is InChI=1S/C31H36F4N4O6S2/c1-6-7-20-8-10-21(11-9-20)17-36-27(40)24-18-38(29-37-19(2)26(46-29)28(41)45-30(3,4)5)14-15-39(24)47(42,43)25-13-12-22(16-23(25)32)44-31(33,34)35/h8-13,16,24H,6-7,14-15,17-18H2,1-5H3,(H,36,40). The van der Waals surface area contributed by atoms with Gasteiger partial charge in [-0.3, -0.25) is 4.79 Å². The van der Waals surface area contributed by atoms with Gasteiger partial charge in [-0.25, -0.2) is 22.6 Å². The zero-order valence-corrected chi connectivity index (χ0v) is 28.1. The predicted molar refractivity (Wildman–Crippen MR) is 167 cm³/mol. The number of benzene rings is 2. The molecule has 1 amide bonds. The average molecular weight is 701 g/mol. The minimum absolute atomic E-state index is 0.0134. The molecule has 1 fully saturated rings. The van der Waals surface area contributed by atoms with E-state index < -0.39 is 56.4 Å². The number of rotatable bonds is 10. The number of nitrogens with one attached hydrogen (secondary N) is 1. The molecule has 4 rings (SSSR count). The molecule has 1 aliphatic heterocycles. The molecule has 16 heteroatoms. The highest BCUT2D eigenvalue weighted by molar-refractivity contribution is 7.89. The Morgan fingerprint density at radius 3 is 2.32 bits per heavy atom. The summed E-state index contributed by atoms with van der Waals surface area (Å²) in [6.45, 7) is 8.45. The van der Waals surface area contributed by atoms with Gasteiger partial charge in [0.25, 0.3) is 0 Å². The van der Waals surface area contributed by atoms with Crippen molar-refractivity contribution in [3.05, 3.63) is 70.0 Å². The molecule has 0 radical (unpaired) electrons. The number of piperazine rings is 1. The van der Waals surface area contributed by atoms with Gasteiger partial charge in [0.2, 0.25) is 15.9 Å². The summed E-state index contributed by atoms with van der Waals surface area (Å²) in [6.07, 6.45) is -3.25. The highest BCUT2D eigenvalue weighted by Gasteiger charge is 2.42. The molecule has 2 heterocycles. The molecule has 1 unspecified atom stereocenters. The van der Waals surface area contributed by atoms with Crippen molar-refractivity contribution < 1.29 is 45.0 Å². The molecule has 0 spiro atoms. The SMILES string of the molecule is CCCc1ccc(CNC(=O)C2CN(c3nc(C)c(C(=O)OC(C)(C)C)s3)CCN2S(=O)(=O)c2ccc(OC(F)(F)F)cc2F)cc1. The molecule has 1 atom stereocenters. The number of esters is 1. The Morgan fingerprint density at radius 1 is 1.06 bits per heavy atom. The van der Waals surface area contributed by atoms with Crippen LogP contribution in [0.2, 0.25) is 0 Å². The monoisotopic (exact) mass is 700 g/mol. The maximum absolute atomic E-state index is 15.0. The van der Waals surface area contributed by atoms with E-state index in [4.69, 9.17) is 4.74 Å². The topological polar surface area (TPSA) is 118 Å². The van der Waals surface area contributed by atoms with E-state index in [0.717, 1.165) is 39.6 Å². The second kappa shape index (κ2) is 14.2. The number of anilines is 1. The Balaban J connectivity index is 1.62. The fourth-order valence-corrected chi connectivity index (χ4v) is 7.50. The maximum atomic E-state index is 15.0. The summed E-state index contributed by atoms with van der Waals surface area (Å²) < 4.78 is 90.5. The lowest BCUT2D eigenvalue weighted by Gasteiger charge is -2.39. The van der Waals surface area contributed by atoms with Crippen LogP contribution in [0.1, 0.15) is 60.6 Å². The first-order valence-corrected chi connectivity index (χ1v) is 17.0. The van der Waals surface area contributed by atoms with E-state index in [1.807, 2.05) is 24.3 Å². The van der Waals surface area contributed by atoms with E-state index in [9.17, 15) is 31.2 Å². The first-order chi connectivity index (χ1) is 21.9. The van der Waals surface area contributed by atoms with Crippen LogP contribution in [0.5, 0.6) is 5.75 Å². The molecule has 3 aromatic rings. The summed E-state index contributed by atoms with van der Waals surface area (Å²) in [6, 6.07) is 7.86. The van der Waals surface area contributed by atoms with Crippen LogP contribution in [0.25, 0.3) is 0 Å². The molecule has 0 saturated carbocycles. The van der Waals surface area contributed by atoms with Crippen molar-refractivity contribution in [3.8, 4) is 5.75 Å². The number of halogens is 4. The van der Waals surface area contributed by atoms with Crippen LogP contribution in [0, 0.1) is 12.7 Å². The second-order valence-electron chi connectivity index (χ2n) is 11.9. The number of carbonyl (C=O) groups excluding carboxylic acids is 2. The molecular weight excluding hydrogens is 664 g/mol. The number of aromatic nitrogens is 1. The van der Waals surface area contributed by atoms with E-state index in [1.165, 1.54) is 0 Å². The van der Waals surface area contributed by atoms with Gasteiger partial charge in [-0.05, 0) is 57.4 Å². The Kier molecular flexibility index (Phi) is 10.9. The fourth-order valence-electron chi connectivity index (χ4n) is 4.91. The summed E-state index contributed by atoms with van der Waals surface area (Å²) in [5.41, 5.74) is 1.54. The molecular formula is C31H36F4N4O6S2. The van der Waals surface area contributed by atoms with E-state index in [0.29, 0.717) is 29.0 Å². The van der Waals surface area contributed by atoms with E-state index in [-0.39, 0.29) is 31.1 Å². The first kappa shape index (κ1) is 36.1. The fraction of sp³-hybridized carbons (Fsp3) is 0.452. The van der Waals surface area contributed by atoms with E-state index in [2.05, 4.69) is 22.0 Å². The van der Waals surface area contributed by atoms with Crippen LogP contribution in [0.4, 0.5) is 22.7 Å². The summed E-state index contributed by atoms with van der Waals surface area (Å²) in [5, 5.41) is 3.11. The van der Waals surface area contributed by atoms with Crippen LogP contribution >= 0.6 is 11.3 Å². The van der Waals surface area contributed by atoms with Gasteiger partial charge in [-0.2, -0.15) is 4.31 Å². The number of hydrogen-bond acceptors (Lipinski definition) is 9. The number of hydrogen-bond donors (Lipinski definition) is 1. The number of thiazole rings is 1. The van der Waals surface area contributed by atoms with E-state index >= 15 is 4.39 Å². The number of nitrogens with zero attached hydrogens (tertiary/aromatic N) is 3. The van der Waals surface area contributed by atoms with Crippen LogP contribution < -0.4 is 15.0 Å². The van der Waals surface area contributed by atoms with Gasteiger partial charge in [0, 0.05) is 32.2 Å². The molecule has 1 N–H and O–H groups in total. The summed E-state index contributed by atoms with van der Waals surface area (Å²) in [4.78, 5) is 31.9. The summed E-state index contributed by atoms with van der Waals surface area (Å²) in [7, 11) is -4.74. The van der Waals surface area contributed by atoms with Crippen molar-refractivity contribution in [2.24, 2.45) is 0 Å². The molecule has 10 nitrogen and oxygen atoms in total. The van der Waals surface area contributed by atoms with Gasteiger partial charge in [-0.1, -0.05) is 48.9 Å². The smallest absolute Gasteiger partial charge is 0.456 e. The third-order valence-electron chi connectivity index (χ3n) is 7.03. The number of ether oxygens (including phenoxy) is 2. The lowest BCUT2D eigenvalue weighted by Crippen LogP contribution is -2.60. The van der Waals surface area contributed by atoms with Gasteiger partial charge < -0.3 is 19.7 Å². The largest absolute Gasteiger partial charge is 0.573 e. The Hall–Kier alpha value is -3.76. The lowest BCUT2D eigenvalue weighted by molar-refractivity contribution is -0.274. The molecule has 1 aliphatic rings. The average Bonchev–Trinajstić information content (AvgIpc) is 3.36. The minimum atomic E-state index is -5.11. The van der Waals surface area contributed by atoms with Crippen molar-refractivity contribution in [1.82, 2.24) is 14.6 Å². The lowest BCUT2D eigenvalue weighted by atomic mass is 10.1. The molecule has 2 aromatic carbocycles.